The Balaban J connectivity index is 1.22. The zero-order chi connectivity index (χ0) is 27.2. The maximum Gasteiger partial charge on any atom is 0.291 e. The monoisotopic (exact) mass is 526 g/mol. The van der Waals surface area contributed by atoms with Gasteiger partial charge in [-0.15, -0.1) is 5.10 Å². The van der Waals surface area contributed by atoms with Gasteiger partial charge in [0.25, 0.3) is 5.91 Å². The van der Waals surface area contributed by atoms with Gasteiger partial charge in [-0.3, -0.25) is 14.7 Å². The number of H-pyrrole nitrogens is 1. The predicted molar refractivity (Wildman–Crippen MR) is 155 cm³/mol. The number of likely N-dealkylation sites (N-methyl/N-ethyl adjacent to an activating group) is 1. The molecule has 1 aliphatic heterocycles. The smallest absolute Gasteiger partial charge is 0.291 e. The summed E-state index contributed by atoms with van der Waals surface area (Å²) in [7, 11) is 1.76. The van der Waals surface area contributed by atoms with Crippen LogP contribution in [0.3, 0.4) is 0 Å². The number of anilines is 1. The Morgan fingerprint density at radius 1 is 0.950 bits per heavy atom. The summed E-state index contributed by atoms with van der Waals surface area (Å²) in [5.74, 6) is -0.0737. The third kappa shape index (κ3) is 4.01. The summed E-state index contributed by atoms with van der Waals surface area (Å²) in [6.45, 7) is 0. The minimum atomic E-state index is -0.771. The van der Waals surface area contributed by atoms with Gasteiger partial charge in [0.05, 0.1) is 16.9 Å². The minimum Gasteiger partial charge on any atom is -0.337 e. The number of carbonyl (C=O) groups is 2. The van der Waals surface area contributed by atoms with Crippen LogP contribution in [0.2, 0.25) is 0 Å². The van der Waals surface area contributed by atoms with Gasteiger partial charge in [-0.1, -0.05) is 72.8 Å². The molecule has 4 aromatic carbocycles. The third-order valence-corrected chi connectivity index (χ3v) is 7.58. The van der Waals surface area contributed by atoms with Crippen LogP contribution in [0.1, 0.15) is 27.6 Å². The lowest BCUT2D eigenvalue weighted by Gasteiger charge is -2.22. The van der Waals surface area contributed by atoms with Crippen LogP contribution in [0.4, 0.5) is 5.69 Å². The largest absolute Gasteiger partial charge is 0.337 e. The molecule has 0 unspecified atom stereocenters. The first kappa shape index (κ1) is 23.8. The maximum absolute atomic E-state index is 13.6. The van der Waals surface area contributed by atoms with Crippen molar-refractivity contribution in [3.63, 3.8) is 0 Å². The Bertz CT molecular complexity index is 1900. The number of aromatic amines is 1. The van der Waals surface area contributed by atoms with E-state index in [0.717, 1.165) is 44.2 Å². The second-order valence-corrected chi connectivity index (χ2v) is 10.1. The first-order chi connectivity index (χ1) is 19.6. The highest BCUT2D eigenvalue weighted by Crippen LogP contribution is 2.37. The molecule has 1 aliphatic rings. The molecule has 2 aromatic heterocycles. The van der Waals surface area contributed by atoms with Crippen LogP contribution in [0, 0.1) is 0 Å². The van der Waals surface area contributed by atoms with Crippen molar-refractivity contribution in [2.75, 3.05) is 11.9 Å². The molecular weight excluding hydrogens is 500 g/mol. The number of rotatable bonds is 5. The Morgan fingerprint density at radius 3 is 2.58 bits per heavy atom. The summed E-state index contributed by atoms with van der Waals surface area (Å²) >= 11 is 0. The minimum absolute atomic E-state index is 0.0154. The second-order valence-electron chi connectivity index (χ2n) is 10.1. The van der Waals surface area contributed by atoms with E-state index in [9.17, 15) is 9.59 Å². The van der Waals surface area contributed by atoms with Crippen molar-refractivity contribution in [2.45, 2.75) is 18.9 Å². The summed E-state index contributed by atoms with van der Waals surface area (Å²) in [6, 6.07) is 29.6. The molecule has 2 N–H and O–H groups in total. The van der Waals surface area contributed by atoms with E-state index in [-0.39, 0.29) is 11.7 Å². The molecule has 0 saturated heterocycles. The Morgan fingerprint density at radius 2 is 1.70 bits per heavy atom. The lowest BCUT2D eigenvalue weighted by molar-refractivity contribution is -0.120. The van der Waals surface area contributed by atoms with Gasteiger partial charge in [0.15, 0.2) is 0 Å². The van der Waals surface area contributed by atoms with Crippen LogP contribution in [0.15, 0.2) is 97.2 Å². The van der Waals surface area contributed by atoms with E-state index in [1.807, 2.05) is 54.6 Å². The molecule has 0 bridgehead atoms. The first-order valence-corrected chi connectivity index (χ1v) is 13.2. The van der Waals surface area contributed by atoms with Crippen LogP contribution in [0.25, 0.3) is 27.4 Å². The number of aromatic nitrogens is 4. The molecule has 196 valence electrons. The summed E-state index contributed by atoms with van der Waals surface area (Å²) < 4.78 is 2.18. The molecule has 6 aromatic rings. The average Bonchev–Trinajstić information content (AvgIpc) is 3.59. The van der Waals surface area contributed by atoms with Crippen LogP contribution < -0.4 is 10.2 Å². The molecule has 7 rings (SSSR count). The zero-order valence-electron chi connectivity index (χ0n) is 21.8. The Labute approximate surface area is 230 Å². The van der Waals surface area contributed by atoms with E-state index in [1.165, 1.54) is 0 Å². The molecule has 0 fully saturated rings. The van der Waals surface area contributed by atoms with Crippen LogP contribution >= 0.6 is 0 Å². The van der Waals surface area contributed by atoms with Gasteiger partial charge in [-0.2, -0.15) is 0 Å². The van der Waals surface area contributed by atoms with Gasteiger partial charge >= 0.3 is 0 Å². The molecule has 2 amide bonds. The lowest BCUT2D eigenvalue weighted by Crippen LogP contribution is -2.48. The normalized spacial score (nSPS) is 15.0. The molecule has 3 heterocycles. The topological polar surface area (TPSA) is 95.9 Å². The van der Waals surface area contributed by atoms with Gasteiger partial charge in [-0.25, -0.2) is 4.98 Å². The number of fused-ring (bicyclic) bond motifs is 1. The van der Waals surface area contributed by atoms with Crippen molar-refractivity contribution in [3.8, 4) is 5.69 Å². The summed E-state index contributed by atoms with van der Waals surface area (Å²) in [5, 5.41) is 13.2. The molecule has 0 spiro atoms. The summed E-state index contributed by atoms with van der Waals surface area (Å²) in [6.07, 6.45) is 2.97. The van der Waals surface area contributed by atoms with E-state index in [4.69, 9.17) is 0 Å². The van der Waals surface area contributed by atoms with Gasteiger partial charge in [0, 0.05) is 36.9 Å². The number of carbonyl (C=O) groups excluding carboxylic acids is 2. The molecule has 0 saturated carbocycles. The third-order valence-electron chi connectivity index (χ3n) is 7.58. The molecule has 8 heteroatoms. The highest BCUT2D eigenvalue weighted by molar-refractivity contribution is 6.10. The van der Waals surface area contributed by atoms with E-state index in [2.05, 4.69) is 67.7 Å². The van der Waals surface area contributed by atoms with Crippen molar-refractivity contribution in [3.05, 3.63) is 120 Å². The van der Waals surface area contributed by atoms with Gasteiger partial charge < -0.3 is 14.8 Å². The fourth-order valence-corrected chi connectivity index (χ4v) is 5.66. The number of hydrogen-bond donors (Lipinski definition) is 2. The molecular formula is C32H26N6O2. The van der Waals surface area contributed by atoms with Crippen molar-refractivity contribution >= 4 is 39.2 Å². The van der Waals surface area contributed by atoms with Gasteiger partial charge in [-0.05, 0) is 34.7 Å². The van der Waals surface area contributed by atoms with Crippen LogP contribution in [0.5, 0.6) is 0 Å². The quantitative estimate of drug-likeness (QED) is 0.337. The highest BCUT2D eigenvalue weighted by atomic mass is 16.2. The molecule has 40 heavy (non-hydrogen) atoms. The standard InChI is InChI=1S/C32H26N6O2/c1-37-26-15-8-16-27-29(26)22(19-38(27)25-14-7-12-21-11-5-6-13-23(21)25)18-24(32(37)40)33-31(39)30-34-28(35-36-30)17-20-9-3-2-4-10-20/h2-16,19,24H,17-18H2,1H3,(H,33,39)(H,34,35,36)/t24-/m0/s1. The fourth-order valence-electron chi connectivity index (χ4n) is 5.66. The predicted octanol–water partition coefficient (Wildman–Crippen LogP) is 4.81. The summed E-state index contributed by atoms with van der Waals surface area (Å²) in [4.78, 5) is 32.8. The molecule has 0 radical (unpaired) electrons. The first-order valence-electron chi connectivity index (χ1n) is 13.2. The van der Waals surface area contributed by atoms with Crippen LogP contribution in [-0.2, 0) is 17.6 Å². The highest BCUT2D eigenvalue weighted by Gasteiger charge is 2.33. The summed E-state index contributed by atoms with van der Waals surface area (Å²) in [5.41, 5.74) is 4.93. The van der Waals surface area contributed by atoms with Crippen molar-refractivity contribution in [1.29, 1.82) is 0 Å². The number of nitrogens with one attached hydrogen (secondary N) is 2. The Hall–Kier alpha value is -5.24. The second kappa shape index (κ2) is 9.50. The lowest BCUT2D eigenvalue weighted by atomic mass is 10.1. The number of benzene rings is 4. The van der Waals surface area contributed by atoms with Crippen molar-refractivity contribution < 1.29 is 9.59 Å². The Kier molecular flexibility index (Phi) is 5.66. The maximum atomic E-state index is 13.6. The van der Waals surface area contributed by atoms with E-state index in [1.54, 1.807) is 11.9 Å². The molecule has 1 atom stereocenters. The van der Waals surface area contributed by atoms with Gasteiger partial charge in [0.2, 0.25) is 11.7 Å². The SMILES string of the molecule is CN1C(=O)[C@@H](NC(=O)c2n[nH]c(Cc3ccccc3)n2)Cc2cn(-c3cccc4ccccc34)c3cccc1c23. The number of amides is 2. The van der Waals surface area contributed by atoms with Crippen molar-refractivity contribution in [1.82, 2.24) is 25.1 Å². The van der Waals surface area contributed by atoms with E-state index in [0.29, 0.717) is 18.7 Å². The van der Waals surface area contributed by atoms with E-state index >= 15 is 0 Å². The van der Waals surface area contributed by atoms with Gasteiger partial charge in [0.1, 0.15) is 11.9 Å². The molecule has 0 aliphatic carbocycles. The number of hydrogen-bond acceptors (Lipinski definition) is 4. The zero-order valence-corrected chi connectivity index (χ0v) is 21.8. The van der Waals surface area contributed by atoms with Crippen molar-refractivity contribution in [2.24, 2.45) is 0 Å². The molecule has 8 nitrogen and oxygen atoms in total. The fraction of sp³-hybridized carbons (Fsp3) is 0.125. The van der Waals surface area contributed by atoms with E-state index < -0.39 is 11.9 Å². The van der Waals surface area contributed by atoms with Crippen LogP contribution in [-0.4, -0.2) is 44.7 Å². The average molecular weight is 527 g/mol. The number of nitrogens with zero attached hydrogens (tertiary/aromatic N) is 4.